The minimum atomic E-state index is -4.14. The topological polar surface area (TPSA) is 140 Å². The van der Waals surface area contributed by atoms with Crippen molar-refractivity contribution in [3.8, 4) is 0 Å². The van der Waals surface area contributed by atoms with Gasteiger partial charge in [-0.25, -0.2) is 13.2 Å². The van der Waals surface area contributed by atoms with Gasteiger partial charge in [0.05, 0.1) is 6.42 Å². The molecule has 0 saturated carbocycles. The standard InChI is InChI=1S/C9H13N3O6S/c1-2-12(4-3-7(13)14)19(17,18)6-5-10-9(16)11-8(6)15/h5H,2-4H2,1H3,(H,13,14)(H2,10,11,15,16). The van der Waals surface area contributed by atoms with E-state index >= 15 is 0 Å². The summed E-state index contributed by atoms with van der Waals surface area (Å²) in [5.74, 6) is -1.15. The molecule has 1 heterocycles. The Balaban J connectivity index is 3.17. The number of aromatic nitrogens is 2. The highest BCUT2D eigenvalue weighted by Gasteiger charge is 2.26. The Hall–Kier alpha value is -1.94. The zero-order valence-electron chi connectivity index (χ0n) is 10.0. The monoisotopic (exact) mass is 291 g/mol. The van der Waals surface area contributed by atoms with Crippen molar-refractivity contribution in [2.24, 2.45) is 0 Å². The fourth-order valence-electron chi connectivity index (χ4n) is 1.40. The van der Waals surface area contributed by atoms with Gasteiger partial charge in [0, 0.05) is 19.3 Å². The van der Waals surface area contributed by atoms with E-state index in [-0.39, 0.29) is 19.5 Å². The summed E-state index contributed by atoms with van der Waals surface area (Å²) in [7, 11) is -4.14. The number of aliphatic carboxylic acids is 1. The van der Waals surface area contributed by atoms with Gasteiger partial charge in [-0.1, -0.05) is 6.92 Å². The first-order valence-corrected chi connectivity index (χ1v) is 6.77. The number of carbonyl (C=O) groups is 1. The lowest BCUT2D eigenvalue weighted by molar-refractivity contribution is -0.137. The molecule has 0 aliphatic heterocycles. The van der Waals surface area contributed by atoms with E-state index in [9.17, 15) is 22.8 Å². The largest absolute Gasteiger partial charge is 0.481 e. The van der Waals surface area contributed by atoms with Gasteiger partial charge in [0.25, 0.3) is 5.56 Å². The van der Waals surface area contributed by atoms with Crippen molar-refractivity contribution in [1.82, 2.24) is 14.3 Å². The van der Waals surface area contributed by atoms with Crippen molar-refractivity contribution in [3.63, 3.8) is 0 Å². The highest BCUT2D eigenvalue weighted by atomic mass is 32.2. The number of rotatable bonds is 6. The highest BCUT2D eigenvalue weighted by molar-refractivity contribution is 7.89. The van der Waals surface area contributed by atoms with Crippen molar-refractivity contribution in [2.45, 2.75) is 18.2 Å². The minimum absolute atomic E-state index is 0.00811. The molecule has 0 aromatic carbocycles. The highest BCUT2D eigenvalue weighted by Crippen LogP contribution is 2.10. The molecule has 0 amide bonds. The predicted molar refractivity (Wildman–Crippen MR) is 64.4 cm³/mol. The first-order chi connectivity index (χ1) is 8.78. The Morgan fingerprint density at radius 3 is 2.53 bits per heavy atom. The van der Waals surface area contributed by atoms with Crippen LogP contribution in [0.25, 0.3) is 0 Å². The van der Waals surface area contributed by atoms with Gasteiger partial charge >= 0.3 is 11.7 Å². The second-order valence-electron chi connectivity index (χ2n) is 3.58. The smallest absolute Gasteiger partial charge is 0.325 e. The Labute approximate surface area is 107 Å². The van der Waals surface area contributed by atoms with Crippen molar-refractivity contribution in [2.75, 3.05) is 13.1 Å². The van der Waals surface area contributed by atoms with Crippen LogP contribution >= 0.6 is 0 Å². The van der Waals surface area contributed by atoms with Crippen LogP contribution in [0, 0.1) is 0 Å². The van der Waals surface area contributed by atoms with Gasteiger partial charge in [-0.15, -0.1) is 0 Å². The van der Waals surface area contributed by atoms with Gasteiger partial charge in [-0.2, -0.15) is 4.31 Å². The average Bonchev–Trinajstić information content (AvgIpc) is 2.28. The summed E-state index contributed by atoms with van der Waals surface area (Å²) in [6.45, 7) is 1.26. The minimum Gasteiger partial charge on any atom is -0.481 e. The van der Waals surface area contributed by atoms with Crippen LogP contribution in [0.4, 0.5) is 0 Å². The zero-order valence-corrected chi connectivity index (χ0v) is 10.9. The van der Waals surface area contributed by atoms with E-state index in [1.54, 1.807) is 4.98 Å². The number of carboxylic acids is 1. The molecule has 0 fully saturated rings. The first kappa shape index (κ1) is 15.1. The molecule has 0 bridgehead atoms. The van der Waals surface area contributed by atoms with Crippen LogP contribution in [0.5, 0.6) is 0 Å². The van der Waals surface area contributed by atoms with Gasteiger partial charge in [0.2, 0.25) is 10.0 Å². The molecule has 3 N–H and O–H groups in total. The quantitative estimate of drug-likeness (QED) is 0.585. The molecule has 1 rings (SSSR count). The van der Waals surface area contributed by atoms with Crippen LogP contribution in [-0.4, -0.2) is 46.9 Å². The normalized spacial score (nSPS) is 11.7. The number of nitrogens with one attached hydrogen (secondary N) is 2. The van der Waals surface area contributed by atoms with E-state index in [1.807, 2.05) is 0 Å². The molecular weight excluding hydrogens is 278 g/mol. The Bertz CT molecular complexity index is 674. The zero-order chi connectivity index (χ0) is 14.6. The summed E-state index contributed by atoms with van der Waals surface area (Å²) < 4.78 is 25.0. The number of carboxylic acid groups (broad SMARTS) is 1. The van der Waals surface area contributed by atoms with Gasteiger partial charge in [-0.05, 0) is 0 Å². The van der Waals surface area contributed by atoms with Crippen LogP contribution in [0.1, 0.15) is 13.3 Å². The van der Waals surface area contributed by atoms with Gasteiger partial charge in [-0.3, -0.25) is 14.6 Å². The number of hydrogen-bond donors (Lipinski definition) is 3. The first-order valence-electron chi connectivity index (χ1n) is 5.33. The summed E-state index contributed by atoms with van der Waals surface area (Å²) in [5.41, 5.74) is -1.87. The number of hydrogen-bond acceptors (Lipinski definition) is 5. The predicted octanol–water partition coefficient (Wildman–Crippen LogP) is -1.45. The second kappa shape index (κ2) is 5.80. The lowest BCUT2D eigenvalue weighted by Crippen LogP contribution is -2.37. The van der Waals surface area contributed by atoms with Crippen molar-refractivity contribution >= 4 is 16.0 Å². The second-order valence-corrected chi connectivity index (χ2v) is 5.48. The van der Waals surface area contributed by atoms with Crippen molar-refractivity contribution in [3.05, 3.63) is 27.0 Å². The van der Waals surface area contributed by atoms with Crippen molar-refractivity contribution in [1.29, 1.82) is 0 Å². The molecule has 1 aromatic rings. The van der Waals surface area contributed by atoms with Gasteiger partial charge in [0.1, 0.15) is 0 Å². The van der Waals surface area contributed by atoms with Crippen molar-refractivity contribution < 1.29 is 18.3 Å². The Morgan fingerprint density at radius 2 is 2.05 bits per heavy atom. The van der Waals surface area contributed by atoms with E-state index in [4.69, 9.17) is 5.11 Å². The molecular formula is C9H13N3O6S. The van der Waals surface area contributed by atoms with E-state index < -0.39 is 32.1 Å². The van der Waals surface area contributed by atoms with Gasteiger partial charge in [0.15, 0.2) is 4.90 Å². The van der Waals surface area contributed by atoms with Crippen LogP contribution < -0.4 is 11.2 Å². The summed E-state index contributed by atoms with van der Waals surface area (Å²) in [5, 5.41) is 8.55. The maximum absolute atomic E-state index is 12.1. The molecule has 10 heteroatoms. The van der Waals surface area contributed by atoms with E-state index in [0.29, 0.717) is 0 Å². The van der Waals surface area contributed by atoms with Crippen LogP contribution in [0.3, 0.4) is 0 Å². The molecule has 1 aromatic heterocycles. The lowest BCUT2D eigenvalue weighted by atomic mass is 10.4. The molecule has 0 radical (unpaired) electrons. The van der Waals surface area contributed by atoms with Crippen LogP contribution in [0.2, 0.25) is 0 Å². The molecule has 106 valence electrons. The molecule has 0 atom stereocenters. The summed E-state index contributed by atoms with van der Waals surface area (Å²) in [4.78, 5) is 36.0. The third-order valence-corrected chi connectivity index (χ3v) is 4.31. The van der Waals surface area contributed by atoms with E-state index in [0.717, 1.165) is 10.5 Å². The number of sulfonamides is 1. The maximum Gasteiger partial charge on any atom is 0.325 e. The molecule has 9 nitrogen and oxygen atoms in total. The van der Waals surface area contributed by atoms with Gasteiger partial charge < -0.3 is 10.1 Å². The molecule has 19 heavy (non-hydrogen) atoms. The fourth-order valence-corrected chi connectivity index (χ4v) is 2.84. The van der Waals surface area contributed by atoms with Crippen LogP contribution in [0.15, 0.2) is 20.7 Å². The maximum atomic E-state index is 12.1. The summed E-state index contributed by atoms with van der Waals surface area (Å²) in [6.07, 6.45) is 0.411. The molecule has 0 aliphatic carbocycles. The average molecular weight is 291 g/mol. The third-order valence-electron chi connectivity index (χ3n) is 2.33. The molecule has 0 spiro atoms. The Morgan fingerprint density at radius 1 is 1.42 bits per heavy atom. The fraction of sp³-hybridized carbons (Fsp3) is 0.444. The summed E-state index contributed by atoms with van der Waals surface area (Å²) in [6, 6.07) is 0. The molecule has 0 unspecified atom stereocenters. The number of aromatic amines is 2. The third kappa shape index (κ3) is 3.51. The molecule has 0 aliphatic rings. The number of H-pyrrole nitrogens is 2. The molecule has 0 saturated heterocycles. The SMILES string of the molecule is CCN(CCC(=O)O)S(=O)(=O)c1c[nH]c(=O)[nH]c1=O. The van der Waals surface area contributed by atoms with E-state index in [2.05, 4.69) is 4.98 Å². The number of nitrogens with zero attached hydrogens (tertiary/aromatic N) is 1. The van der Waals surface area contributed by atoms with E-state index in [1.165, 1.54) is 6.92 Å². The van der Waals surface area contributed by atoms with Crippen LogP contribution in [-0.2, 0) is 14.8 Å². The summed E-state index contributed by atoms with van der Waals surface area (Å²) >= 11 is 0. The Kier molecular flexibility index (Phi) is 4.62. The lowest BCUT2D eigenvalue weighted by Gasteiger charge is -2.18.